The third-order valence-electron chi connectivity index (χ3n) is 5.19. The van der Waals surface area contributed by atoms with Gasteiger partial charge in [0.1, 0.15) is 0 Å². The molecule has 0 radical (unpaired) electrons. The number of benzene rings is 2. The summed E-state index contributed by atoms with van der Waals surface area (Å²) >= 11 is 0. The number of nitrogens with zero attached hydrogens (tertiary/aromatic N) is 2. The summed E-state index contributed by atoms with van der Waals surface area (Å²) in [5, 5.41) is 2.89. The van der Waals surface area contributed by atoms with Gasteiger partial charge in [0.25, 0.3) is 5.91 Å². The number of hydrogen-bond acceptors (Lipinski definition) is 2. The normalized spacial score (nSPS) is 16.1. The maximum atomic E-state index is 13.3. The summed E-state index contributed by atoms with van der Waals surface area (Å²) in [5.41, 5.74) is 3.38. The summed E-state index contributed by atoms with van der Waals surface area (Å²) in [4.78, 5) is 16.3. The number of halogens is 3. The van der Waals surface area contributed by atoms with E-state index >= 15 is 0 Å². The van der Waals surface area contributed by atoms with E-state index in [9.17, 15) is 18.0 Å². The van der Waals surface area contributed by atoms with Gasteiger partial charge >= 0.3 is 6.18 Å². The van der Waals surface area contributed by atoms with Gasteiger partial charge in [-0.1, -0.05) is 24.3 Å². The number of nitrogens with one attached hydrogen (secondary N) is 1. The third-order valence-corrected chi connectivity index (χ3v) is 5.19. The highest BCUT2D eigenvalue weighted by molar-refractivity contribution is 5.97. The Morgan fingerprint density at radius 3 is 2.68 bits per heavy atom. The summed E-state index contributed by atoms with van der Waals surface area (Å²) in [6.07, 6.45) is -3.63. The zero-order chi connectivity index (χ0) is 20.1. The molecule has 1 aliphatic carbocycles. The number of imidazole rings is 1. The smallest absolute Gasteiger partial charge is 0.351 e. The van der Waals surface area contributed by atoms with Gasteiger partial charge in [0.15, 0.2) is 0 Å². The van der Waals surface area contributed by atoms with E-state index < -0.39 is 18.0 Å². The summed E-state index contributed by atoms with van der Waals surface area (Å²) in [6, 6.07) is 12.2. The third kappa shape index (κ3) is 3.15. The highest BCUT2D eigenvalue weighted by atomic mass is 19.4. The molecule has 28 heavy (non-hydrogen) atoms. The van der Waals surface area contributed by atoms with Crippen LogP contribution in [0.25, 0.3) is 11.0 Å². The van der Waals surface area contributed by atoms with Crippen molar-refractivity contribution in [2.24, 2.45) is 0 Å². The molecule has 1 atom stereocenters. The average molecular weight is 387 g/mol. The van der Waals surface area contributed by atoms with Gasteiger partial charge in [0, 0.05) is 24.1 Å². The molecule has 4 nitrogen and oxygen atoms in total. The number of aromatic nitrogens is 2. The molecule has 2 aromatic carbocycles. The van der Waals surface area contributed by atoms with Crippen LogP contribution in [-0.2, 0) is 12.6 Å². The molecule has 4 rings (SSSR count). The van der Waals surface area contributed by atoms with E-state index in [1.165, 1.54) is 23.3 Å². The standard InChI is InChI=1S/C21H20F3N3O/c1-12(2)27-18-8-7-14(10-17(18)26-20(27)21(22,23)24)19(28)25-11-15-9-13-5-3-4-6-16(13)15/h3-8,10,12,15H,9,11H2,1-2H3,(H,25,28). The van der Waals surface area contributed by atoms with E-state index in [-0.39, 0.29) is 17.3 Å². The summed E-state index contributed by atoms with van der Waals surface area (Å²) < 4.78 is 41.1. The van der Waals surface area contributed by atoms with Crippen molar-refractivity contribution >= 4 is 16.9 Å². The Bertz CT molecular complexity index is 1050. The lowest BCUT2D eigenvalue weighted by Crippen LogP contribution is -2.33. The van der Waals surface area contributed by atoms with Gasteiger partial charge in [-0.3, -0.25) is 4.79 Å². The van der Waals surface area contributed by atoms with Crippen LogP contribution in [0.5, 0.6) is 0 Å². The van der Waals surface area contributed by atoms with Crippen molar-refractivity contribution in [3.8, 4) is 0 Å². The van der Waals surface area contributed by atoms with Crippen LogP contribution in [0.3, 0.4) is 0 Å². The van der Waals surface area contributed by atoms with Crippen LogP contribution < -0.4 is 5.32 Å². The van der Waals surface area contributed by atoms with Crippen molar-refractivity contribution in [2.75, 3.05) is 6.54 Å². The minimum Gasteiger partial charge on any atom is -0.351 e. The predicted molar refractivity (Wildman–Crippen MR) is 100 cm³/mol. The maximum absolute atomic E-state index is 13.3. The minimum atomic E-state index is -4.55. The van der Waals surface area contributed by atoms with E-state index in [4.69, 9.17) is 0 Å². The first kappa shape index (κ1) is 18.5. The Labute approximate surface area is 160 Å². The fraction of sp³-hybridized carbons (Fsp3) is 0.333. The summed E-state index contributed by atoms with van der Waals surface area (Å²) in [5.74, 6) is -0.971. The molecule has 0 spiro atoms. The second kappa shape index (κ2) is 6.65. The molecule has 7 heteroatoms. The molecule has 3 aromatic rings. The van der Waals surface area contributed by atoms with Crippen LogP contribution >= 0.6 is 0 Å². The van der Waals surface area contributed by atoms with E-state index in [1.54, 1.807) is 19.9 Å². The zero-order valence-corrected chi connectivity index (χ0v) is 15.5. The molecule has 0 fully saturated rings. The number of hydrogen-bond donors (Lipinski definition) is 1. The van der Waals surface area contributed by atoms with E-state index in [0.717, 1.165) is 11.0 Å². The maximum Gasteiger partial charge on any atom is 0.449 e. The first-order valence-electron chi connectivity index (χ1n) is 9.21. The molecule has 0 aliphatic heterocycles. The molecular weight excluding hydrogens is 367 g/mol. The molecular formula is C21H20F3N3O. The second-order valence-corrected chi connectivity index (χ2v) is 7.41. The van der Waals surface area contributed by atoms with Crippen molar-refractivity contribution in [1.29, 1.82) is 0 Å². The highest BCUT2D eigenvalue weighted by Gasteiger charge is 2.38. The van der Waals surface area contributed by atoms with Gasteiger partial charge in [0.05, 0.1) is 11.0 Å². The molecule has 1 aliphatic rings. The number of alkyl halides is 3. The van der Waals surface area contributed by atoms with Crippen LogP contribution in [0.15, 0.2) is 42.5 Å². The fourth-order valence-corrected chi connectivity index (χ4v) is 3.83. The monoisotopic (exact) mass is 387 g/mol. The van der Waals surface area contributed by atoms with Gasteiger partial charge in [-0.05, 0) is 49.6 Å². The van der Waals surface area contributed by atoms with Gasteiger partial charge < -0.3 is 9.88 Å². The van der Waals surface area contributed by atoms with Gasteiger partial charge in [-0.25, -0.2) is 4.98 Å². The molecule has 146 valence electrons. The molecule has 1 amide bonds. The number of amides is 1. The molecule has 1 N–H and O–H groups in total. The van der Waals surface area contributed by atoms with Crippen LogP contribution in [0.1, 0.15) is 53.1 Å². The van der Waals surface area contributed by atoms with Gasteiger partial charge in [0.2, 0.25) is 5.82 Å². The molecule has 1 heterocycles. The van der Waals surface area contributed by atoms with Gasteiger partial charge in [-0.15, -0.1) is 0 Å². The predicted octanol–water partition coefficient (Wildman–Crippen LogP) is 4.71. The molecule has 1 aromatic heterocycles. The summed E-state index contributed by atoms with van der Waals surface area (Å²) in [6.45, 7) is 3.85. The molecule has 1 unspecified atom stereocenters. The fourth-order valence-electron chi connectivity index (χ4n) is 3.83. The first-order chi connectivity index (χ1) is 13.3. The summed E-state index contributed by atoms with van der Waals surface area (Å²) in [7, 11) is 0. The van der Waals surface area contributed by atoms with Crippen molar-refractivity contribution in [2.45, 2.75) is 38.4 Å². The average Bonchev–Trinajstić information content (AvgIpc) is 3.01. The molecule has 0 bridgehead atoms. The lowest BCUT2D eigenvalue weighted by Gasteiger charge is -2.30. The Kier molecular flexibility index (Phi) is 4.40. The Balaban J connectivity index is 1.55. The number of fused-ring (bicyclic) bond motifs is 2. The topological polar surface area (TPSA) is 46.9 Å². The number of carbonyl (C=O) groups is 1. The van der Waals surface area contributed by atoms with Crippen molar-refractivity contribution < 1.29 is 18.0 Å². The lowest BCUT2D eigenvalue weighted by molar-refractivity contribution is -0.147. The highest BCUT2D eigenvalue weighted by Crippen LogP contribution is 2.35. The Morgan fingerprint density at radius 1 is 1.25 bits per heavy atom. The largest absolute Gasteiger partial charge is 0.449 e. The van der Waals surface area contributed by atoms with Crippen molar-refractivity contribution in [3.63, 3.8) is 0 Å². The Morgan fingerprint density at radius 2 is 2.00 bits per heavy atom. The lowest BCUT2D eigenvalue weighted by atomic mass is 9.77. The van der Waals surface area contributed by atoms with E-state index in [2.05, 4.69) is 22.4 Å². The SMILES string of the molecule is CC(C)n1c(C(F)(F)F)nc2cc(C(=O)NCC3Cc4ccccc43)ccc21. The van der Waals surface area contributed by atoms with Crippen LogP contribution in [0, 0.1) is 0 Å². The van der Waals surface area contributed by atoms with E-state index in [1.807, 2.05) is 12.1 Å². The van der Waals surface area contributed by atoms with Crippen molar-refractivity contribution in [1.82, 2.24) is 14.9 Å². The van der Waals surface area contributed by atoms with Gasteiger partial charge in [-0.2, -0.15) is 13.2 Å². The molecule has 0 saturated heterocycles. The first-order valence-corrected chi connectivity index (χ1v) is 9.21. The number of rotatable bonds is 4. The second-order valence-electron chi connectivity index (χ2n) is 7.41. The van der Waals surface area contributed by atoms with Crippen molar-refractivity contribution in [3.05, 3.63) is 65.0 Å². The van der Waals surface area contributed by atoms with Crippen LogP contribution in [0.4, 0.5) is 13.2 Å². The zero-order valence-electron chi connectivity index (χ0n) is 15.5. The Hall–Kier alpha value is -2.83. The van der Waals surface area contributed by atoms with E-state index in [0.29, 0.717) is 17.6 Å². The quantitative estimate of drug-likeness (QED) is 0.705. The van der Waals surface area contributed by atoms with Crippen LogP contribution in [0.2, 0.25) is 0 Å². The number of carbonyl (C=O) groups excluding carboxylic acids is 1. The minimum absolute atomic E-state index is 0.169. The van der Waals surface area contributed by atoms with Crippen LogP contribution in [-0.4, -0.2) is 22.0 Å². The molecule has 0 saturated carbocycles.